The maximum atomic E-state index is 6.02. The molecule has 140 valence electrons. The average Bonchev–Trinajstić information content (AvgIpc) is 3.14. The Morgan fingerprint density at radius 1 is 1.04 bits per heavy atom. The summed E-state index contributed by atoms with van der Waals surface area (Å²) >= 11 is 7.60. The molecule has 0 radical (unpaired) electrons. The van der Waals surface area contributed by atoms with E-state index in [2.05, 4.69) is 42.9 Å². The summed E-state index contributed by atoms with van der Waals surface area (Å²) in [7, 11) is 4.04. The summed E-state index contributed by atoms with van der Waals surface area (Å²) in [6.07, 6.45) is 3.33. The molecule has 0 aliphatic carbocycles. The van der Waals surface area contributed by atoms with Crippen molar-refractivity contribution >= 4 is 50.9 Å². The van der Waals surface area contributed by atoms with Gasteiger partial charge in [0.05, 0.1) is 11.6 Å². The number of aromatic nitrogens is 2. The monoisotopic (exact) mass is 407 g/mol. The van der Waals surface area contributed by atoms with Gasteiger partial charge in [0.15, 0.2) is 5.82 Å². The van der Waals surface area contributed by atoms with E-state index < -0.39 is 0 Å². The molecule has 0 bridgehead atoms. The van der Waals surface area contributed by atoms with Crippen molar-refractivity contribution in [2.45, 2.75) is 0 Å². The number of hydrazone groups is 1. The molecule has 28 heavy (non-hydrogen) atoms. The third kappa shape index (κ3) is 3.83. The summed E-state index contributed by atoms with van der Waals surface area (Å²) in [5, 5.41) is 8.11. The fourth-order valence-corrected chi connectivity index (χ4v) is 3.87. The highest BCUT2D eigenvalue weighted by atomic mass is 35.5. The lowest BCUT2D eigenvalue weighted by Gasteiger charge is -2.11. The van der Waals surface area contributed by atoms with E-state index in [9.17, 15) is 0 Å². The SMILES string of the molecule is CN(C)c1ccc(/C=N/Nc2ncnc3scc(-c4ccc(Cl)cc4)c23)cc1. The molecule has 2 heterocycles. The predicted octanol–water partition coefficient (Wildman–Crippen LogP) is 5.52. The Morgan fingerprint density at radius 2 is 1.79 bits per heavy atom. The van der Waals surface area contributed by atoms with E-state index in [0.29, 0.717) is 10.8 Å². The van der Waals surface area contributed by atoms with Crippen LogP contribution in [-0.2, 0) is 0 Å². The third-order valence-electron chi connectivity index (χ3n) is 4.32. The van der Waals surface area contributed by atoms with E-state index in [1.54, 1.807) is 23.9 Å². The summed E-state index contributed by atoms with van der Waals surface area (Å²) in [6, 6.07) is 15.9. The van der Waals surface area contributed by atoms with Gasteiger partial charge in [0, 0.05) is 35.7 Å². The third-order valence-corrected chi connectivity index (χ3v) is 5.46. The number of benzene rings is 2. The number of nitrogens with one attached hydrogen (secondary N) is 1. The molecule has 0 aliphatic heterocycles. The normalized spacial score (nSPS) is 11.2. The zero-order valence-electron chi connectivity index (χ0n) is 15.4. The molecule has 2 aromatic carbocycles. The van der Waals surface area contributed by atoms with E-state index in [1.807, 2.05) is 50.5 Å². The Morgan fingerprint density at radius 3 is 2.50 bits per heavy atom. The van der Waals surface area contributed by atoms with E-state index in [0.717, 1.165) is 32.6 Å². The van der Waals surface area contributed by atoms with Gasteiger partial charge in [-0.3, -0.25) is 5.43 Å². The first-order valence-electron chi connectivity index (χ1n) is 8.66. The van der Waals surface area contributed by atoms with Crippen LogP contribution in [0.2, 0.25) is 5.02 Å². The number of fused-ring (bicyclic) bond motifs is 1. The Hall–Kier alpha value is -2.96. The van der Waals surface area contributed by atoms with E-state index in [1.165, 1.54) is 0 Å². The van der Waals surface area contributed by atoms with Crippen molar-refractivity contribution in [1.29, 1.82) is 0 Å². The van der Waals surface area contributed by atoms with Gasteiger partial charge < -0.3 is 4.90 Å². The van der Waals surface area contributed by atoms with E-state index in [4.69, 9.17) is 11.6 Å². The summed E-state index contributed by atoms with van der Waals surface area (Å²) < 4.78 is 0. The first-order valence-corrected chi connectivity index (χ1v) is 9.92. The molecular weight excluding hydrogens is 390 g/mol. The maximum Gasteiger partial charge on any atom is 0.159 e. The minimum absolute atomic E-state index is 0.678. The van der Waals surface area contributed by atoms with Crippen LogP contribution in [0.25, 0.3) is 21.3 Å². The molecule has 0 amide bonds. The molecule has 0 unspecified atom stereocenters. The molecule has 2 aromatic heterocycles. The van der Waals surface area contributed by atoms with Gasteiger partial charge in [-0.15, -0.1) is 11.3 Å². The lowest BCUT2D eigenvalue weighted by Crippen LogP contribution is -2.08. The van der Waals surface area contributed by atoms with Crippen molar-refractivity contribution < 1.29 is 0 Å². The first-order chi connectivity index (χ1) is 13.6. The van der Waals surface area contributed by atoms with E-state index in [-0.39, 0.29) is 0 Å². The smallest absolute Gasteiger partial charge is 0.159 e. The van der Waals surface area contributed by atoms with Crippen molar-refractivity contribution in [3.8, 4) is 11.1 Å². The van der Waals surface area contributed by atoms with E-state index >= 15 is 0 Å². The van der Waals surface area contributed by atoms with Crippen molar-refractivity contribution in [3.63, 3.8) is 0 Å². The van der Waals surface area contributed by atoms with Crippen LogP contribution in [0.3, 0.4) is 0 Å². The lowest BCUT2D eigenvalue weighted by atomic mass is 10.1. The zero-order valence-corrected chi connectivity index (χ0v) is 17.0. The summed E-state index contributed by atoms with van der Waals surface area (Å²) in [4.78, 5) is 11.7. The van der Waals surface area contributed by atoms with Crippen LogP contribution in [0.15, 0.2) is 65.3 Å². The van der Waals surface area contributed by atoms with Crippen molar-refractivity contribution in [2.75, 3.05) is 24.4 Å². The zero-order chi connectivity index (χ0) is 19.5. The minimum Gasteiger partial charge on any atom is -0.378 e. The van der Waals surface area contributed by atoms with Crippen LogP contribution in [0.1, 0.15) is 5.56 Å². The van der Waals surface area contributed by atoms with Gasteiger partial charge in [0.1, 0.15) is 11.2 Å². The number of halogens is 1. The molecule has 0 saturated carbocycles. The summed E-state index contributed by atoms with van der Waals surface area (Å²) in [6.45, 7) is 0. The van der Waals surface area contributed by atoms with Crippen LogP contribution < -0.4 is 10.3 Å². The topological polar surface area (TPSA) is 53.4 Å². The second kappa shape index (κ2) is 7.96. The standard InChI is InChI=1S/C21H18ClN5S/c1-27(2)17-9-3-14(4-10-17)11-25-26-20-19-18(12-28-21(19)24-13-23-20)15-5-7-16(22)8-6-15/h3-13H,1-2H3,(H,23,24,26)/b25-11+. The largest absolute Gasteiger partial charge is 0.378 e. The highest BCUT2D eigenvalue weighted by Gasteiger charge is 2.12. The van der Waals surface area contributed by atoms with Crippen LogP contribution >= 0.6 is 22.9 Å². The van der Waals surface area contributed by atoms with Crippen LogP contribution in [0.5, 0.6) is 0 Å². The van der Waals surface area contributed by atoms with Gasteiger partial charge in [0.2, 0.25) is 0 Å². The molecular formula is C21H18ClN5S. The first kappa shape index (κ1) is 18.4. The molecule has 0 fully saturated rings. The molecule has 7 heteroatoms. The van der Waals surface area contributed by atoms with Gasteiger partial charge in [0.25, 0.3) is 0 Å². The Kier molecular flexibility index (Phi) is 5.23. The van der Waals surface area contributed by atoms with Gasteiger partial charge >= 0.3 is 0 Å². The number of anilines is 2. The van der Waals surface area contributed by atoms with Crippen LogP contribution in [0, 0.1) is 0 Å². The van der Waals surface area contributed by atoms with Crippen LogP contribution in [-0.4, -0.2) is 30.3 Å². The molecule has 0 saturated heterocycles. The second-order valence-corrected chi connectivity index (χ2v) is 7.71. The number of rotatable bonds is 5. The molecule has 0 spiro atoms. The highest BCUT2D eigenvalue weighted by Crippen LogP contribution is 2.36. The second-order valence-electron chi connectivity index (χ2n) is 6.41. The Labute approximate surface area is 172 Å². The van der Waals surface area contributed by atoms with Gasteiger partial charge in [-0.05, 0) is 35.4 Å². The molecule has 1 N–H and O–H groups in total. The van der Waals surface area contributed by atoms with Crippen molar-refractivity contribution in [1.82, 2.24) is 9.97 Å². The molecule has 0 atom stereocenters. The molecule has 4 rings (SSSR count). The van der Waals surface area contributed by atoms with Gasteiger partial charge in [-0.2, -0.15) is 5.10 Å². The Balaban J connectivity index is 1.62. The van der Waals surface area contributed by atoms with Gasteiger partial charge in [-0.1, -0.05) is 35.9 Å². The summed E-state index contributed by atoms with van der Waals surface area (Å²) in [5.41, 5.74) is 7.35. The molecule has 0 aliphatic rings. The quantitative estimate of drug-likeness (QED) is 0.349. The van der Waals surface area contributed by atoms with Crippen LogP contribution in [0.4, 0.5) is 11.5 Å². The predicted molar refractivity (Wildman–Crippen MR) is 120 cm³/mol. The van der Waals surface area contributed by atoms with Crippen molar-refractivity contribution in [2.24, 2.45) is 5.10 Å². The fourth-order valence-electron chi connectivity index (χ4n) is 2.83. The minimum atomic E-state index is 0.678. The number of thiophene rings is 1. The van der Waals surface area contributed by atoms with Crippen molar-refractivity contribution in [3.05, 3.63) is 70.8 Å². The average molecular weight is 408 g/mol. The highest BCUT2D eigenvalue weighted by molar-refractivity contribution is 7.17. The summed E-state index contributed by atoms with van der Waals surface area (Å²) in [5.74, 6) is 0.678. The maximum absolute atomic E-state index is 6.02. The molecule has 4 aromatic rings. The fraction of sp³-hybridized carbons (Fsp3) is 0.0952. The number of hydrogen-bond donors (Lipinski definition) is 1. The van der Waals surface area contributed by atoms with Gasteiger partial charge in [-0.25, -0.2) is 9.97 Å². The molecule has 5 nitrogen and oxygen atoms in total. The lowest BCUT2D eigenvalue weighted by molar-refractivity contribution is 1.13. The number of nitrogens with zero attached hydrogens (tertiary/aromatic N) is 4. The number of hydrogen-bond acceptors (Lipinski definition) is 6. The Bertz CT molecular complexity index is 1120.